The molecule has 3 nitrogen and oxygen atoms in total. The summed E-state index contributed by atoms with van der Waals surface area (Å²) >= 11 is 0. The third kappa shape index (κ3) is 4.62. The minimum Gasteiger partial charge on any atom is -0.435 e. The van der Waals surface area contributed by atoms with Gasteiger partial charge < -0.3 is 9.47 Å². The lowest BCUT2D eigenvalue weighted by Crippen LogP contribution is -2.10. The molecule has 0 bridgehead atoms. The summed E-state index contributed by atoms with van der Waals surface area (Å²) in [6, 6.07) is 0. The molecule has 0 spiro atoms. The highest BCUT2D eigenvalue weighted by Crippen LogP contribution is 2.26. The number of ether oxygens (including phenoxy) is 2. The second kappa shape index (κ2) is 7.23. The molecule has 1 aliphatic rings. The van der Waals surface area contributed by atoms with Gasteiger partial charge in [0.15, 0.2) is 6.79 Å². The molecule has 1 aliphatic carbocycles. The average Bonchev–Trinajstić information content (AvgIpc) is 2.76. The average molecular weight is 224 g/mol. The van der Waals surface area contributed by atoms with E-state index < -0.39 is 0 Å². The number of hydrogen-bond acceptors (Lipinski definition) is 3. The van der Waals surface area contributed by atoms with Gasteiger partial charge in [0, 0.05) is 5.57 Å². The van der Waals surface area contributed by atoms with Crippen molar-refractivity contribution in [1.82, 2.24) is 0 Å². The second-order valence-electron chi connectivity index (χ2n) is 4.10. The molecule has 1 fully saturated rings. The van der Waals surface area contributed by atoms with Crippen LogP contribution in [0.15, 0.2) is 24.3 Å². The van der Waals surface area contributed by atoms with Gasteiger partial charge in [0.2, 0.25) is 0 Å². The lowest BCUT2D eigenvalue weighted by atomic mass is 10.1. The Labute approximate surface area is 97.1 Å². The molecule has 0 unspecified atom stereocenters. The van der Waals surface area contributed by atoms with E-state index in [-0.39, 0.29) is 12.8 Å². The smallest absolute Gasteiger partial charge is 0.335 e. The molecule has 0 amide bonds. The van der Waals surface area contributed by atoms with Gasteiger partial charge in [-0.05, 0) is 25.7 Å². The van der Waals surface area contributed by atoms with E-state index in [1.165, 1.54) is 25.7 Å². The van der Waals surface area contributed by atoms with Gasteiger partial charge >= 0.3 is 5.97 Å². The zero-order valence-electron chi connectivity index (χ0n) is 9.91. The Balaban J connectivity index is 2.26. The molecule has 0 saturated heterocycles. The van der Waals surface area contributed by atoms with Gasteiger partial charge in [-0.3, -0.25) is 0 Å². The summed E-state index contributed by atoms with van der Waals surface area (Å²) < 4.78 is 9.92. The molecule has 0 aromatic heterocycles. The van der Waals surface area contributed by atoms with Crippen LogP contribution in [-0.2, 0) is 14.3 Å². The van der Waals surface area contributed by atoms with E-state index in [0.29, 0.717) is 18.1 Å². The first-order valence-electron chi connectivity index (χ1n) is 5.78. The molecule has 3 heteroatoms. The van der Waals surface area contributed by atoms with Gasteiger partial charge in [0.1, 0.15) is 0 Å². The molecule has 16 heavy (non-hydrogen) atoms. The molecule has 0 atom stereocenters. The molecule has 90 valence electrons. The third-order valence-corrected chi connectivity index (χ3v) is 2.72. The summed E-state index contributed by atoms with van der Waals surface area (Å²) in [5.74, 6) is 0.276. The number of carbonyl (C=O) groups is 1. The third-order valence-electron chi connectivity index (χ3n) is 2.72. The summed E-state index contributed by atoms with van der Waals surface area (Å²) in [7, 11) is 0. The first-order chi connectivity index (χ1) is 7.74. The first-order valence-corrected chi connectivity index (χ1v) is 5.78. The van der Waals surface area contributed by atoms with E-state index in [1.807, 2.05) is 6.08 Å². The molecular formula is C13H20O3. The Bertz CT molecular complexity index is 262. The van der Waals surface area contributed by atoms with Crippen LogP contribution in [0.3, 0.4) is 0 Å². The Morgan fingerprint density at radius 1 is 1.44 bits per heavy atom. The molecule has 0 aromatic carbocycles. The molecule has 1 rings (SSSR count). The van der Waals surface area contributed by atoms with E-state index in [9.17, 15) is 4.79 Å². The molecule has 0 radical (unpaired) electrons. The van der Waals surface area contributed by atoms with Crippen molar-refractivity contribution in [2.45, 2.75) is 32.6 Å². The van der Waals surface area contributed by atoms with Crippen LogP contribution in [0.5, 0.6) is 0 Å². The molecule has 0 N–H and O–H groups in total. The highest BCUT2D eigenvalue weighted by atomic mass is 16.7. The Hall–Kier alpha value is -1.09. The minimum atomic E-state index is -0.282. The lowest BCUT2D eigenvalue weighted by Gasteiger charge is -2.07. The number of hydrogen-bond donors (Lipinski definition) is 0. The molecule has 0 aromatic rings. The van der Waals surface area contributed by atoms with E-state index in [4.69, 9.17) is 9.47 Å². The van der Waals surface area contributed by atoms with Crippen LogP contribution in [0, 0.1) is 5.92 Å². The molecule has 1 saturated carbocycles. The summed E-state index contributed by atoms with van der Waals surface area (Å²) in [6.45, 7) is 5.71. The van der Waals surface area contributed by atoms with Crippen molar-refractivity contribution in [2.75, 3.05) is 13.4 Å². The quantitative estimate of drug-likeness (QED) is 0.229. The van der Waals surface area contributed by atoms with E-state index in [1.54, 1.807) is 13.0 Å². The van der Waals surface area contributed by atoms with Gasteiger partial charge in [0.25, 0.3) is 0 Å². The topological polar surface area (TPSA) is 35.5 Å². The maximum atomic E-state index is 11.5. The van der Waals surface area contributed by atoms with Gasteiger partial charge in [-0.15, -0.1) is 6.58 Å². The molecule has 0 heterocycles. The summed E-state index contributed by atoms with van der Waals surface area (Å²) in [5.41, 5.74) is 0.689. The van der Waals surface area contributed by atoms with E-state index in [2.05, 4.69) is 6.58 Å². The second-order valence-corrected chi connectivity index (χ2v) is 4.10. The fourth-order valence-electron chi connectivity index (χ4n) is 1.89. The largest absolute Gasteiger partial charge is 0.435 e. The van der Waals surface area contributed by atoms with Gasteiger partial charge in [-0.1, -0.05) is 25.0 Å². The van der Waals surface area contributed by atoms with Crippen molar-refractivity contribution in [3.05, 3.63) is 24.3 Å². The zero-order chi connectivity index (χ0) is 11.8. The monoisotopic (exact) mass is 224 g/mol. The fourth-order valence-corrected chi connectivity index (χ4v) is 1.89. The first kappa shape index (κ1) is 13.0. The van der Waals surface area contributed by atoms with Crippen molar-refractivity contribution in [3.63, 3.8) is 0 Å². The maximum absolute atomic E-state index is 11.5. The van der Waals surface area contributed by atoms with Crippen LogP contribution in [-0.4, -0.2) is 19.4 Å². The summed E-state index contributed by atoms with van der Waals surface area (Å²) in [6.07, 6.45) is 8.57. The standard InChI is InChI=1S/C13H20O3/c1-3-8-15-10-16-13(14)11(2)9-12-6-4-5-7-12/h3,9,12H,1,4-8,10H2,2H3. The Morgan fingerprint density at radius 2 is 2.12 bits per heavy atom. The van der Waals surface area contributed by atoms with Crippen molar-refractivity contribution in [2.24, 2.45) is 5.92 Å². The van der Waals surface area contributed by atoms with Gasteiger partial charge in [0.05, 0.1) is 6.61 Å². The van der Waals surface area contributed by atoms with Crippen LogP contribution < -0.4 is 0 Å². The number of carbonyl (C=O) groups excluding carboxylic acids is 1. The zero-order valence-corrected chi connectivity index (χ0v) is 9.91. The van der Waals surface area contributed by atoms with Crippen molar-refractivity contribution >= 4 is 5.97 Å². The minimum absolute atomic E-state index is 0.000694. The molecule has 0 aliphatic heterocycles. The Morgan fingerprint density at radius 3 is 2.75 bits per heavy atom. The highest BCUT2D eigenvalue weighted by molar-refractivity contribution is 5.87. The van der Waals surface area contributed by atoms with E-state index >= 15 is 0 Å². The predicted octanol–water partition coefficient (Wildman–Crippen LogP) is 2.83. The lowest BCUT2D eigenvalue weighted by molar-refractivity contribution is -0.150. The van der Waals surface area contributed by atoms with Crippen LogP contribution >= 0.6 is 0 Å². The maximum Gasteiger partial charge on any atom is 0.335 e. The van der Waals surface area contributed by atoms with Gasteiger partial charge in [-0.25, -0.2) is 4.79 Å². The summed E-state index contributed by atoms with van der Waals surface area (Å²) in [4.78, 5) is 11.5. The highest BCUT2D eigenvalue weighted by Gasteiger charge is 2.14. The van der Waals surface area contributed by atoms with E-state index in [0.717, 1.165) is 0 Å². The normalized spacial score (nSPS) is 17.4. The Kier molecular flexibility index (Phi) is 5.86. The van der Waals surface area contributed by atoms with Crippen LogP contribution in [0.1, 0.15) is 32.6 Å². The van der Waals surface area contributed by atoms with Crippen molar-refractivity contribution in [1.29, 1.82) is 0 Å². The predicted molar refractivity (Wildman–Crippen MR) is 62.8 cm³/mol. The molecular weight excluding hydrogens is 204 g/mol. The van der Waals surface area contributed by atoms with Crippen LogP contribution in [0.25, 0.3) is 0 Å². The number of esters is 1. The number of rotatable bonds is 6. The van der Waals surface area contributed by atoms with Gasteiger partial charge in [-0.2, -0.15) is 0 Å². The van der Waals surface area contributed by atoms with Crippen molar-refractivity contribution in [3.8, 4) is 0 Å². The summed E-state index contributed by atoms with van der Waals surface area (Å²) in [5, 5.41) is 0. The van der Waals surface area contributed by atoms with Crippen molar-refractivity contribution < 1.29 is 14.3 Å². The SMILES string of the molecule is C=CCOCOC(=O)C(C)=CC1CCCC1. The number of allylic oxidation sites excluding steroid dienone is 1. The fraction of sp³-hybridized carbons (Fsp3) is 0.615. The van der Waals surface area contributed by atoms with Crippen LogP contribution in [0.2, 0.25) is 0 Å². The van der Waals surface area contributed by atoms with Crippen LogP contribution in [0.4, 0.5) is 0 Å².